The molecule has 0 aliphatic heterocycles. The first kappa shape index (κ1) is 19.7. The molecule has 30 heavy (non-hydrogen) atoms. The standard InChI is InChI=1S/C24H19N3O2S/c1-29-21-11-10-15-6-2-3-7-17(15)19(21)12-16(13-25)23(28)27-24-20(14-26)18-8-4-5-9-22(18)30-24/h2-3,6-7,10-12H,4-5,8-9H2,1H3,(H,27,28)/b16-12+. The quantitative estimate of drug-likeness (QED) is 0.470. The lowest BCUT2D eigenvalue weighted by Crippen LogP contribution is -2.13. The number of nitrogens with zero attached hydrogens (tertiary/aromatic N) is 2. The van der Waals surface area contributed by atoms with E-state index in [0.717, 1.165) is 46.9 Å². The van der Waals surface area contributed by atoms with E-state index in [1.54, 1.807) is 13.2 Å². The average molecular weight is 414 g/mol. The Morgan fingerprint density at radius 1 is 1.17 bits per heavy atom. The van der Waals surface area contributed by atoms with Gasteiger partial charge in [-0.1, -0.05) is 30.3 Å². The van der Waals surface area contributed by atoms with Gasteiger partial charge in [-0.15, -0.1) is 11.3 Å². The number of carbonyl (C=O) groups is 1. The molecule has 1 aliphatic rings. The zero-order chi connectivity index (χ0) is 21.1. The van der Waals surface area contributed by atoms with Gasteiger partial charge in [0, 0.05) is 10.4 Å². The van der Waals surface area contributed by atoms with Crippen LogP contribution in [-0.4, -0.2) is 13.0 Å². The van der Waals surface area contributed by atoms with Crippen molar-refractivity contribution in [2.24, 2.45) is 0 Å². The van der Waals surface area contributed by atoms with Crippen molar-refractivity contribution in [3.63, 3.8) is 0 Å². The van der Waals surface area contributed by atoms with E-state index in [9.17, 15) is 15.3 Å². The second kappa shape index (κ2) is 8.41. The van der Waals surface area contributed by atoms with Crippen LogP contribution in [0.3, 0.4) is 0 Å². The Morgan fingerprint density at radius 2 is 1.97 bits per heavy atom. The number of nitrogens with one attached hydrogen (secondary N) is 1. The molecule has 3 aromatic rings. The molecule has 148 valence electrons. The van der Waals surface area contributed by atoms with Gasteiger partial charge in [0.25, 0.3) is 5.91 Å². The first-order valence-corrected chi connectivity index (χ1v) is 10.5. The number of anilines is 1. The number of methoxy groups -OCH3 is 1. The number of benzene rings is 2. The van der Waals surface area contributed by atoms with Gasteiger partial charge in [-0.25, -0.2) is 0 Å². The van der Waals surface area contributed by atoms with Gasteiger partial charge in [-0.2, -0.15) is 10.5 Å². The highest BCUT2D eigenvalue weighted by Crippen LogP contribution is 2.38. The van der Waals surface area contributed by atoms with Crippen molar-refractivity contribution < 1.29 is 9.53 Å². The van der Waals surface area contributed by atoms with Gasteiger partial charge in [0.15, 0.2) is 0 Å². The van der Waals surface area contributed by atoms with Crippen LogP contribution in [0, 0.1) is 22.7 Å². The molecule has 1 amide bonds. The van der Waals surface area contributed by atoms with Gasteiger partial charge in [0.05, 0.1) is 12.7 Å². The molecule has 0 unspecified atom stereocenters. The van der Waals surface area contributed by atoms with E-state index in [-0.39, 0.29) is 5.57 Å². The van der Waals surface area contributed by atoms with Gasteiger partial charge < -0.3 is 10.1 Å². The largest absolute Gasteiger partial charge is 0.496 e. The number of nitriles is 2. The number of rotatable bonds is 4. The van der Waals surface area contributed by atoms with Crippen LogP contribution in [0.4, 0.5) is 5.00 Å². The van der Waals surface area contributed by atoms with Crippen LogP contribution in [-0.2, 0) is 17.6 Å². The van der Waals surface area contributed by atoms with Crippen LogP contribution in [0.1, 0.15) is 34.4 Å². The number of amides is 1. The number of ether oxygens (including phenoxy) is 1. The van der Waals surface area contributed by atoms with E-state index in [2.05, 4.69) is 11.4 Å². The lowest BCUT2D eigenvalue weighted by molar-refractivity contribution is -0.112. The van der Waals surface area contributed by atoms with Crippen molar-refractivity contribution in [3.8, 4) is 17.9 Å². The van der Waals surface area contributed by atoms with Crippen LogP contribution < -0.4 is 10.1 Å². The SMILES string of the molecule is COc1ccc2ccccc2c1/C=C(\C#N)C(=O)Nc1sc2c(c1C#N)CCCC2. The smallest absolute Gasteiger partial charge is 0.266 e. The molecule has 1 aliphatic carbocycles. The first-order chi connectivity index (χ1) is 14.7. The molecule has 0 atom stereocenters. The third-order valence-corrected chi connectivity index (χ3v) is 6.52. The monoisotopic (exact) mass is 413 g/mol. The molecule has 1 N–H and O–H groups in total. The maximum absolute atomic E-state index is 12.9. The molecule has 0 bridgehead atoms. The van der Waals surface area contributed by atoms with E-state index in [1.165, 1.54) is 11.3 Å². The van der Waals surface area contributed by atoms with Crippen molar-refractivity contribution >= 4 is 39.1 Å². The summed E-state index contributed by atoms with van der Waals surface area (Å²) in [4.78, 5) is 14.1. The summed E-state index contributed by atoms with van der Waals surface area (Å²) >= 11 is 1.44. The van der Waals surface area contributed by atoms with Crippen molar-refractivity contribution in [3.05, 3.63) is 63.5 Å². The minimum absolute atomic E-state index is 0.0417. The zero-order valence-electron chi connectivity index (χ0n) is 16.5. The van der Waals surface area contributed by atoms with Crippen LogP contribution in [0.15, 0.2) is 42.0 Å². The highest BCUT2D eigenvalue weighted by molar-refractivity contribution is 7.16. The molecule has 5 nitrogen and oxygen atoms in total. The van der Waals surface area contributed by atoms with E-state index >= 15 is 0 Å². The summed E-state index contributed by atoms with van der Waals surface area (Å²) in [6.07, 6.45) is 5.49. The number of hydrogen-bond acceptors (Lipinski definition) is 5. The maximum atomic E-state index is 12.9. The number of hydrogen-bond donors (Lipinski definition) is 1. The van der Waals surface area contributed by atoms with Crippen LogP contribution >= 0.6 is 11.3 Å². The highest BCUT2D eigenvalue weighted by atomic mass is 32.1. The second-order valence-corrected chi connectivity index (χ2v) is 8.16. The van der Waals surface area contributed by atoms with Crippen LogP contribution in [0.25, 0.3) is 16.8 Å². The number of fused-ring (bicyclic) bond motifs is 2. The third kappa shape index (κ3) is 3.54. The van der Waals surface area contributed by atoms with Gasteiger partial charge in [0.2, 0.25) is 0 Å². The fraction of sp³-hybridized carbons (Fsp3) is 0.208. The Hall–Kier alpha value is -3.61. The Labute approximate surface area is 178 Å². The maximum Gasteiger partial charge on any atom is 0.266 e. The number of thiophene rings is 1. The van der Waals surface area contributed by atoms with E-state index < -0.39 is 5.91 Å². The molecule has 0 fully saturated rings. The topological polar surface area (TPSA) is 85.9 Å². The highest BCUT2D eigenvalue weighted by Gasteiger charge is 2.23. The summed E-state index contributed by atoms with van der Waals surface area (Å²) in [5.41, 5.74) is 2.21. The Bertz CT molecular complexity index is 1260. The Kier molecular flexibility index (Phi) is 5.52. The number of carbonyl (C=O) groups excluding carboxylic acids is 1. The predicted molar refractivity (Wildman–Crippen MR) is 118 cm³/mol. The molecule has 0 spiro atoms. The fourth-order valence-electron chi connectivity index (χ4n) is 3.84. The zero-order valence-corrected chi connectivity index (χ0v) is 17.3. The molecule has 6 heteroatoms. The summed E-state index contributed by atoms with van der Waals surface area (Å²) in [6, 6.07) is 15.7. The molecule has 2 aromatic carbocycles. The van der Waals surface area contributed by atoms with E-state index in [4.69, 9.17) is 4.74 Å². The summed E-state index contributed by atoms with van der Waals surface area (Å²) < 4.78 is 5.46. The molecule has 0 saturated carbocycles. The molecule has 0 saturated heterocycles. The fourth-order valence-corrected chi connectivity index (χ4v) is 5.07. The lowest BCUT2D eigenvalue weighted by atomic mass is 9.96. The van der Waals surface area contributed by atoms with Crippen molar-refractivity contribution in [1.82, 2.24) is 0 Å². The third-order valence-electron chi connectivity index (χ3n) is 5.31. The summed E-state index contributed by atoms with van der Waals surface area (Å²) in [6.45, 7) is 0. The first-order valence-electron chi connectivity index (χ1n) is 9.69. The van der Waals surface area contributed by atoms with Gasteiger partial charge in [-0.05, 0) is 54.2 Å². The lowest BCUT2D eigenvalue weighted by Gasteiger charge is -2.10. The minimum atomic E-state index is -0.525. The van der Waals surface area contributed by atoms with Gasteiger partial charge in [0.1, 0.15) is 28.5 Å². The molecule has 4 rings (SSSR count). The average Bonchev–Trinajstić information content (AvgIpc) is 3.13. The van der Waals surface area contributed by atoms with Gasteiger partial charge in [-0.3, -0.25) is 4.79 Å². The molecule has 1 aromatic heterocycles. The van der Waals surface area contributed by atoms with E-state index in [0.29, 0.717) is 21.9 Å². The summed E-state index contributed by atoms with van der Waals surface area (Å²) in [5.74, 6) is 0.0566. The molecular weight excluding hydrogens is 394 g/mol. The minimum Gasteiger partial charge on any atom is -0.496 e. The molecule has 1 heterocycles. The second-order valence-electron chi connectivity index (χ2n) is 7.05. The number of aryl methyl sites for hydroxylation is 1. The van der Waals surface area contributed by atoms with Crippen molar-refractivity contribution in [2.75, 3.05) is 12.4 Å². The summed E-state index contributed by atoms with van der Waals surface area (Å²) in [5, 5.41) is 24.5. The van der Waals surface area contributed by atoms with E-state index in [1.807, 2.05) is 42.5 Å². The molecule has 0 radical (unpaired) electrons. The summed E-state index contributed by atoms with van der Waals surface area (Å²) in [7, 11) is 1.56. The van der Waals surface area contributed by atoms with Crippen LogP contribution in [0.5, 0.6) is 5.75 Å². The van der Waals surface area contributed by atoms with Crippen molar-refractivity contribution in [1.29, 1.82) is 10.5 Å². The molecular formula is C24H19N3O2S. The Morgan fingerprint density at radius 3 is 2.73 bits per heavy atom. The Balaban J connectivity index is 1.73. The normalized spacial score (nSPS) is 13.2. The van der Waals surface area contributed by atoms with Crippen molar-refractivity contribution in [2.45, 2.75) is 25.7 Å². The predicted octanol–water partition coefficient (Wildman–Crippen LogP) is 5.21. The van der Waals surface area contributed by atoms with Crippen LogP contribution in [0.2, 0.25) is 0 Å². The van der Waals surface area contributed by atoms with Gasteiger partial charge >= 0.3 is 0 Å².